The van der Waals surface area contributed by atoms with Crippen LogP contribution in [0.5, 0.6) is 0 Å². The summed E-state index contributed by atoms with van der Waals surface area (Å²) in [5, 5.41) is 3.05. The molecule has 2 aromatic heterocycles. The molecule has 0 saturated carbocycles. The summed E-state index contributed by atoms with van der Waals surface area (Å²) in [4.78, 5) is 36.6. The molecule has 0 bridgehead atoms. The number of rotatable bonds is 6. The molecule has 11 heteroatoms. The van der Waals surface area contributed by atoms with Crippen molar-refractivity contribution in [3.05, 3.63) is 83.7 Å². The van der Waals surface area contributed by atoms with E-state index in [2.05, 4.69) is 25.0 Å². The SMILES string of the molecule is O=C(Cn1cnc2ccccc2c1=O)Nc1ccc(S(=O)(=O)Nc2ncccn2)cc1. The molecule has 31 heavy (non-hydrogen) atoms. The van der Waals surface area contributed by atoms with Crippen LogP contribution in [0.4, 0.5) is 11.6 Å². The molecule has 0 spiro atoms. The average molecular weight is 436 g/mol. The molecule has 156 valence electrons. The molecular formula is C20H16N6O4S. The summed E-state index contributed by atoms with van der Waals surface area (Å²) in [6, 6.07) is 14.0. The van der Waals surface area contributed by atoms with E-state index in [4.69, 9.17) is 0 Å². The Balaban J connectivity index is 1.45. The molecular weight excluding hydrogens is 420 g/mol. The fourth-order valence-electron chi connectivity index (χ4n) is 2.82. The predicted octanol–water partition coefficient (Wildman–Crippen LogP) is 1.63. The zero-order valence-corrected chi connectivity index (χ0v) is 16.8. The minimum absolute atomic E-state index is 0.0205. The summed E-state index contributed by atoms with van der Waals surface area (Å²) >= 11 is 0. The minimum atomic E-state index is -3.87. The third-order valence-electron chi connectivity index (χ3n) is 4.29. The van der Waals surface area contributed by atoms with Crippen molar-refractivity contribution < 1.29 is 13.2 Å². The monoisotopic (exact) mass is 436 g/mol. The molecule has 2 N–H and O–H groups in total. The van der Waals surface area contributed by atoms with E-state index in [0.717, 1.165) is 0 Å². The van der Waals surface area contributed by atoms with E-state index in [1.807, 2.05) is 0 Å². The van der Waals surface area contributed by atoms with E-state index < -0.39 is 15.9 Å². The number of benzene rings is 2. The van der Waals surface area contributed by atoms with Crippen LogP contribution >= 0.6 is 0 Å². The van der Waals surface area contributed by atoms with Crippen LogP contribution in [0.15, 0.2) is 83.0 Å². The highest BCUT2D eigenvalue weighted by molar-refractivity contribution is 7.92. The minimum Gasteiger partial charge on any atom is -0.325 e. The van der Waals surface area contributed by atoms with E-state index >= 15 is 0 Å². The number of hydrogen-bond donors (Lipinski definition) is 2. The molecule has 2 aromatic carbocycles. The summed E-state index contributed by atoms with van der Waals surface area (Å²) in [6.07, 6.45) is 4.15. The molecule has 10 nitrogen and oxygen atoms in total. The number of aromatic nitrogens is 4. The van der Waals surface area contributed by atoms with Crippen LogP contribution in [0.3, 0.4) is 0 Å². The Labute approximate surface area is 176 Å². The average Bonchev–Trinajstić information content (AvgIpc) is 2.77. The third kappa shape index (κ3) is 4.56. The summed E-state index contributed by atoms with van der Waals surface area (Å²) in [6.45, 7) is -0.233. The number of carbonyl (C=O) groups is 1. The van der Waals surface area contributed by atoms with Crippen LogP contribution in [0, 0.1) is 0 Å². The van der Waals surface area contributed by atoms with Crippen LogP contribution in [0.25, 0.3) is 10.9 Å². The van der Waals surface area contributed by atoms with E-state index in [1.165, 1.54) is 47.6 Å². The van der Waals surface area contributed by atoms with Gasteiger partial charge in [-0.05, 0) is 42.5 Å². The molecule has 0 aliphatic heterocycles. The Bertz CT molecular complexity index is 1400. The number of para-hydroxylation sites is 1. The molecule has 4 rings (SSSR count). The van der Waals surface area contributed by atoms with E-state index in [0.29, 0.717) is 16.6 Å². The summed E-state index contributed by atoms with van der Waals surface area (Å²) < 4.78 is 28.3. The van der Waals surface area contributed by atoms with Gasteiger partial charge in [0.05, 0.1) is 22.1 Å². The van der Waals surface area contributed by atoms with Crippen molar-refractivity contribution in [3.8, 4) is 0 Å². The maximum absolute atomic E-state index is 12.5. The van der Waals surface area contributed by atoms with Gasteiger partial charge in [-0.1, -0.05) is 12.1 Å². The Morgan fingerprint density at radius 1 is 0.935 bits per heavy atom. The Hall–Kier alpha value is -4.12. The molecule has 0 radical (unpaired) electrons. The van der Waals surface area contributed by atoms with Gasteiger partial charge in [-0.15, -0.1) is 0 Å². The number of hydrogen-bond acceptors (Lipinski definition) is 7. The molecule has 0 saturated heterocycles. The number of nitrogens with one attached hydrogen (secondary N) is 2. The van der Waals surface area contributed by atoms with Gasteiger partial charge >= 0.3 is 0 Å². The van der Waals surface area contributed by atoms with Crippen LogP contribution in [0.1, 0.15) is 0 Å². The molecule has 0 aliphatic rings. The topological polar surface area (TPSA) is 136 Å². The summed E-state index contributed by atoms with van der Waals surface area (Å²) in [7, 11) is -3.87. The number of sulfonamides is 1. The lowest BCUT2D eigenvalue weighted by atomic mass is 10.2. The fourth-order valence-corrected chi connectivity index (χ4v) is 3.78. The lowest BCUT2D eigenvalue weighted by Gasteiger charge is -2.09. The molecule has 2 heterocycles. The zero-order chi connectivity index (χ0) is 21.8. The standard InChI is InChI=1S/C20H16N6O4S/c27-18(12-26-13-23-17-5-2-1-4-16(17)19(26)28)24-14-6-8-15(9-7-14)31(29,30)25-20-21-10-3-11-22-20/h1-11,13H,12H2,(H,24,27)(H,21,22,25). The maximum Gasteiger partial charge on any atom is 0.264 e. The second kappa shape index (κ2) is 8.32. The largest absolute Gasteiger partial charge is 0.325 e. The lowest BCUT2D eigenvalue weighted by Crippen LogP contribution is -2.27. The highest BCUT2D eigenvalue weighted by Crippen LogP contribution is 2.16. The van der Waals surface area contributed by atoms with Crippen molar-refractivity contribution in [2.24, 2.45) is 0 Å². The molecule has 0 fully saturated rings. The quantitative estimate of drug-likeness (QED) is 0.469. The fraction of sp³-hybridized carbons (Fsp3) is 0.0500. The van der Waals surface area contributed by atoms with Crippen LogP contribution in [-0.4, -0.2) is 33.8 Å². The van der Waals surface area contributed by atoms with Gasteiger partial charge in [0.1, 0.15) is 6.54 Å². The molecule has 0 unspecified atom stereocenters. The lowest BCUT2D eigenvalue weighted by molar-refractivity contribution is -0.116. The van der Waals surface area contributed by atoms with Gasteiger partial charge in [-0.25, -0.2) is 28.1 Å². The van der Waals surface area contributed by atoms with Gasteiger partial charge < -0.3 is 5.32 Å². The summed E-state index contributed by atoms with van der Waals surface area (Å²) in [5.41, 5.74) is 0.605. The van der Waals surface area contributed by atoms with Gasteiger partial charge in [0.15, 0.2) is 0 Å². The molecule has 4 aromatic rings. The van der Waals surface area contributed by atoms with Crippen molar-refractivity contribution in [3.63, 3.8) is 0 Å². The Kier molecular flexibility index (Phi) is 5.41. The second-order valence-corrected chi connectivity index (χ2v) is 8.13. The van der Waals surface area contributed by atoms with Crippen molar-refractivity contribution in [2.75, 3.05) is 10.0 Å². The number of carbonyl (C=O) groups excluding carboxylic acids is 1. The van der Waals surface area contributed by atoms with Gasteiger partial charge in [-0.3, -0.25) is 14.2 Å². The van der Waals surface area contributed by atoms with Crippen molar-refractivity contribution >= 4 is 38.5 Å². The molecule has 1 amide bonds. The Morgan fingerprint density at radius 2 is 1.65 bits per heavy atom. The van der Waals surface area contributed by atoms with E-state index in [-0.39, 0.29) is 22.9 Å². The second-order valence-electron chi connectivity index (χ2n) is 6.45. The highest BCUT2D eigenvalue weighted by Gasteiger charge is 2.16. The first-order valence-electron chi connectivity index (χ1n) is 9.06. The van der Waals surface area contributed by atoms with Crippen LogP contribution < -0.4 is 15.6 Å². The number of amides is 1. The van der Waals surface area contributed by atoms with Gasteiger partial charge in [-0.2, -0.15) is 0 Å². The number of nitrogens with zero attached hydrogens (tertiary/aromatic N) is 4. The Morgan fingerprint density at radius 3 is 2.39 bits per heavy atom. The third-order valence-corrected chi connectivity index (χ3v) is 5.63. The van der Waals surface area contributed by atoms with Gasteiger partial charge in [0, 0.05) is 18.1 Å². The van der Waals surface area contributed by atoms with Crippen molar-refractivity contribution in [2.45, 2.75) is 11.4 Å². The normalized spacial score (nSPS) is 11.2. The predicted molar refractivity (Wildman–Crippen MR) is 114 cm³/mol. The van der Waals surface area contributed by atoms with Gasteiger partial charge in [0.25, 0.3) is 15.6 Å². The van der Waals surface area contributed by atoms with E-state index in [9.17, 15) is 18.0 Å². The smallest absolute Gasteiger partial charge is 0.264 e. The van der Waals surface area contributed by atoms with E-state index in [1.54, 1.807) is 30.3 Å². The number of anilines is 2. The molecule has 0 atom stereocenters. The van der Waals surface area contributed by atoms with Crippen molar-refractivity contribution in [1.29, 1.82) is 0 Å². The first-order valence-corrected chi connectivity index (χ1v) is 10.5. The van der Waals surface area contributed by atoms with Gasteiger partial charge in [0.2, 0.25) is 11.9 Å². The zero-order valence-electron chi connectivity index (χ0n) is 16.0. The molecule has 0 aliphatic carbocycles. The first-order chi connectivity index (χ1) is 14.9. The summed E-state index contributed by atoms with van der Waals surface area (Å²) in [5.74, 6) is -0.500. The van der Waals surface area contributed by atoms with Crippen molar-refractivity contribution in [1.82, 2.24) is 19.5 Å². The highest BCUT2D eigenvalue weighted by atomic mass is 32.2. The number of fused-ring (bicyclic) bond motifs is 1. The van der Waals surface area contributed by atoms with Crippen LogP contribution in [0.2, 0.25) is 0 Å². The maximum atomic E-state index is 12.5. The first kappa shape index (κ1) is 20.2. The van der Waals surface area contributed by atoms with Crippen LogP contribution in [-0.2, 0) is 21.4 Å².